The first-order valence-corrected chi connectivity index (χ1v) is 8.51. The molecule has 6 heteroatoms. The van der Waals surface area contributed by atoms with Crippen molar-refractivity contribution in [3.05, 3.63) is 0 Å². The van der Waals surface area contributed by atoms with E-state index in [1.807, 2.05) is 0 Å². The average molecular weight is 313 g/mol. The van der Waals surface area contributed by atoms with Crippen LogP contribution in [-0.4, -0.2) is 75.5 Å². The van der Waals surface area contributed by atoms with E-state index in [4.69, 9.17) is 9.47 Å². The van der Waals surface area contributed by atoms with Crippen molar-refractivity contribution in [3.8, 4) is 0 Å². The fourth-order valence-electron chi connectivity index (χ4n) is 3.82. The average Bonchev–Trinajstić information content (AvgIpc) is 3.03. The van der Waals surface area contributed by atoms with Crippen LogP contribution in [0.1, 0.15) is 32.6 Å². The number of rotatable bonds is 8. The zero-order valence-corrected chi connectivity index (χ0v) is 14.0. The molecule has 0 radical (unpaired) electrons. The molecule has 0 aromatic carbocycles. The third-order valence-corrected chi connectivity index (χ3v) is 5.06. The molecule has 6 nitrogen and oxygen atoms in total. The van der Waals surface area contributed by atoms with Crippen LogP contribution in [0.4, 0.5) is 0 Å². The number of nitrogens with one attached hydrogen (secondary N) is 2. The second-order valence-electron chi connectivity index (χ2n) is 6.37. The minimum atomic E-state index is 0.0723. The predicted octanol–water partition coefficient (Wildman–Crippen LogP) is 0.372. The Morgan fingerprint density at radius 2 is 2.00 bits per heavy atom. The van der Waals surface area contributed by atoms with Gasteiger partial charge in [0.2, 0.25) is 5.91 Å². The van der Waals surface area contributed by atoms with Gasteiger partial charge in [-0.15, -0.1) is 0 Å². The Balaban J connectivity index is 1.86. The monoisotopic (exact) mass is 313 g/mol. The number of nitrogens with zero attached hydrogens (tertiary/aromatic N) is 1. The normalized spacial score (nSPS) is 23.4. The zero-order chi connectivity index (χ0) is 15.8. The summed E-state index contributed by atoms with van der Waals surface area (Å²) in [7, 11) is 1.66. The van der Waals surface area contributed by atoms with Crippen LogP contribution in [0.15, 0.2) is 0 Å². The van der Waals surface area contributed by atoms with Gasteiger partial charge in [0.25, 0.3) is 0 Å². The number of methoxy groups -OCH3 is 1. The standard InChI is InChI=1S/C16H31N3O3/c1-14(18-15(20)13-17-7-10-21-2)16(5-3-4-6-16)19-8-11-22-12-9-19/h14,17H,3-13H2,1-2H3,(H,18,20). The van der Waals surface area contributed by atoms with Crippen LogP contribution < -0.4 is 10.6 Å². The van der Waals surface area contributed by atoms with Gasteiger partial charge in [0, 0.05) is 38.3 Å². The largest absolute Gasteiger partial charge is 0.383 e. The summed E-state index contributed by atoms with van der Waals surface area (Å²) in [6.07, 6.45) is 4.85. The summed E-state index contributed by atoms with van der Waals surface area (Å²) in [4.78, 5) is 14.7. The fourth-order valence-corrected chi connectivity index (χ4v) is 3.82. The highest BCUT2D eigenvalue weighted by Crippen LogP contribution is 2.38. The molecule has 1 atom stereocenters. The summed E-state index contributed by atoms with van der Waals surface area (Å²) in [6.45, 7) is 7.41. The highest BCUT2D eigenvalue weighted by molar-refractivity contribution is 5.78. The lowest BCUT2D eigenvalue weighted by molar-refractivity contribution is -0.122. The number of carbonyl (C=O) groups is 1. The van der Waals surface area contributed by atoms with Crippen molar-refractivity contribution in [1.29, 1.82) is 0 Å². The van der Waals surface area contributed by atoms with Crippen molar-refractivity contribution in [2.45, 2.75) is 44.2 Å². The first-order valence-electron chi connectivity index (χ1n) is 8.51. The van der Waals surface area contributed by atoms with E-state index >= 15 is 0 Å². The molecule has 0 aromatic rings. The van der Waals surface area contributed by atoms with E-state index in [0.717, 1.165) is 26.3 Å². The quantitative estimate of drug-likeness (QED) is 0.634. The van der Waals surface area contributed by atoms with Crippen molar-refractivity contribution >= 4 is 5.91 Å². The molecule has 0 spiro atoms. The molecule has 2 N–H and O–H groups in total. The Kier molecular flexibility index (Phi) is 7.08. The molecule has 128 valence electrons. The van der Waals surface area contributed by atoms with Crippen molar-refractivity contribution < 1.29 is 14.3 Å². The van der Waals surface area contributed by atoms with E-state index < -0.39 is 0 Å². The molecule has 2 aliphatic rings. The summed E-state index contributed by atoms with van der Waals surface area (Å²) in [5.41, 5.74) is 0.117. The summed E-state index contributed by atoms with van der Waals surface area (Å²) in [6, 6.07) is 0.171. The molecule has 1 saturated heterocycles. The number of morpholine rings is 1. The van der Waals surface area contributed by atoms with Crippen molar-refractivity contribution in [3.63, 3.8) is 0 Å². The van der Waals surface area contributed by atoms with Crippen molar-refractivity contribution in [2.75, 3.05) is 53.1 Å². The molecule has 1 aliphatic carbocycles. The Labute approximate surface area is 133 Å². The van der Waals surface area contributed by atoms with Gasteiger partial charge in [-0.1, -0.05) is 12.8 Å². The van der Waals surface area contributed by atoms with E-state index in [2.05, 4.69) is 22.5 Å². The van der Waals surface area contributed by atoms with Crippen LogP contribution in [0.25, 0.3) is 0 Å². The number of ether oxygens (including phenoxy) is 2. The molecule has 22 heavy (non-hydrogen) atoms. The Morgan fingerprint density at radius 1 is 1.32 bits per heavy atom. The van der Waals surface area contributed by atoms with Gasteiger partial charge in [0.05, 0.1) is 26.4 Å². The summed E-state index contributed by atoms with van der Waals surface area (Å²) >= 11 is 0. The van der Waals surface area contributed by atoms with Gasteiger partial charge in [-0.3, -0.25) is 9.69 Å². The highest BCUT2D eigenvalue weighted by Gasteiger charge is 2.44. The minimum absolute atomic E-state index is 0.0723. The van der Waals surface area contributed by atoms with Gasteiger partial charge in [-0.2, -0.15) is 0 Å². The second-order valence-corrected chi connectivity index (χ2v) is 6.37. The molecule has 2 fully saturated rings. The SMILES string of the molecule is COCCNCC(=O)NC(C)C1(N2CCOCC2)CCCC1. The lowest BCUT2D eigenvalue weighted by Crippen LogP contribution is -2.62. The molecular weight excluding hydrogens is 282 g/mol. The maximum atomic E-state index is 12.1. The van der Waals surface area contributed by atoms with Gasteiger partial charge in [-0.25, -0.2) is 0 Å². The molecule has 1 saturated carbocycles. The molecule has 1 heterocycles. The van der Waals surface area contributed by atoms with Crippen LogP contribution in [0.5, 0.6) is 0 Å². The first kappa shape index (κ1) is 17.7. The number of hydrogen-bond acceptors (Lipinski definition) is 5. The van der Waals surface area contributed by atoms with Crippen molar-refractivity contribution in [1.82, 2.24) is 15.5 Å². The predicted molar refractivity (Wildman–Crippen MR) is 85.9 cm³/mol. The maximum Gasteiger partial charge on any atom is 0.234 e. The molecule has 1 aliphatic heterocycles. The summed E-state index contributed by atoms with van der Waals surface area (Å²) < 4.78 is 10.5. The fraction of sp³-hybridized carbons (Fsp3) is 0.938. The number of carbonyl (C=O) groups excluding carboxylic acids is 1. The van der Waals surface area contributed by atoms with Crippen LogP contribution in [0.2, 0.25) is 0 Å². The highest BCUT2D eigenvalue weighted by atomic mass is 16.5. The lowest BCUT2D eigenvalue weighted by Gasteiger charge is -2.47. The molecule has 2 rings (SSSR count). The van der Waals surface area contributed by atoms with E-state index in [9.17, 15) is 4.79 Å². The summed E-state index contributed by atoms with van der Waals surface area (Å²) in [5, 5.41) is 6.32. The maximum absolute atomic E-state index is 12.1. The first-order chi connectivity index (χ1) is 10.7. The Morgan fingerprint density at radius 3 is 2.64 bits per heavy atom. The van der Waals surface area contributed by atoms with Gasteiger partial charge in [0.1, 0.15) is 0 Å². The van der Waals surface area contributed by atoms with Crippen LogP contribution in [-0.2, 0) is 14.3 Å². The molecule has 1 amide bonds. The van der Waals surface area contributed by atoms with E-state index in [0.29, 0.717) is 19.7 Å². The van der Waals surface area contributed by atoms with Gasteiger partial charge >= 0.3 is 0 Å². The minimum Gasteiger partial charge on any atom is -0.383 e. The van der Waals surface area contributed by atoms with E-state index in [1.165, 1.54) is 25.7 Å². The zero-order valence-electron chi connectivity index (χ0n) is 14.0. The number of amides is 1. The third-order valence-electron chi connectivity index (χ3n) is 5.06. The third kappa shape index (κ3) is 4.41. The van der Waals surface area contributed by atoms with E-state index in [-0.39, 0.29) is 17.5 Å². The van der Waals surface area contributed by atoms with E-state index in [1.54, 1.807) is 7.11 Å². The molecule has 0 bridgehead atoms. The van der Waals surface area contributed by atoms with Gasteiger partial charge in [0.15, 0.2) is 0 Å². The molecule has 1 unspecified atom stereocenters. The van der Waals surface area contributed by atoms with Crippen LogP contribution >= 0.6 is 0 Å². The summed E-state index contributed by atoms with van der Waals surface area (Å²) in [5.74, 6) is 0.0723. The van der Waals surface area contributed by atoms with Crippen LogP contribution in [0.3, 0.4) is 0 Å². The Hall–Kier alpha value is -0.690. The van der Waals surface area contributed by atoms with Gasteiger partial charge < -0.3 is 20.1 Å². The smallest absolute Gasteiger partial charge is 0.234 e. The lowest BCUT2D eigenvalue weighted by atomic mass is 9.86. The van der Waals surface area contributed by atoms with Gasteiger partial charge in [-0.05, 0) is 19.8 Å². The second kappa shape index (κ2) is 8.82. The topological polar surface area (TPSA) is 62.8 Å². The Bertz CT molecular complexity index is 340. The van der Waals surface area contributed by atoms with Crippen LogP contribution in [0, 0.1) is 0 Å². The molecule has 0 aromatic heterocycles. The number of hydrogen-bond donors (Lipinski definition) is 2. The molecular formula is C16H31N3O3. The van der Waals surface area contributed by atoms with Crippen molar-refractivity contribution in [2.24, 2.45) is 0 Å².